The van der Waals surface area contributed by atoms with Crippen LogP contribution in [-0.4, -0.2) is 13.9 Å². The van der Waals surface area contributed by atoms with E-state index in [0.29, 0.717) is 5.75 Å². The number of hydrogen-bond acceptors (Lipinski definition) is 1. The monoisotopic (exact) mass is 241 g/mol. The van der Waals surface area contributed by atoms with E-state index in [-0.39, 0.29) is 0 Å². The van der Waals surface area contributed by atoms with E-state index in [4.69, 9.17) is 0 Å². The van der Waals surface area contributed by atoms with Crippen molar-refractivity contribution in [3.8, 4) is 5.75 Å². The van der Waals surface area contributed by atoms with Gasteiger partial charge >= 0.3 is 0 Å². The number of aryl methyl sites for hydroxylation is 1. The molecule has 0 unspecified atom stereocenters. The van der Waals surface area contributed by atoms with Crippen LogP contribution in [-0.2, 0) is 6.04 Å². The van der Waals surface area contributed by atoms with E-state index in [0.717, 1.165) is 6.04 Å². The number of phenolic OH excluding ortho intramolecular Hbond substituents is 1. The molecule has 2 aromatic rings. The Morgan fingerprint density at radius 1 is 1.00 bits per heavy atom. The summed E-state index contributed by atoms with van der Waals surface area (Å²) >= 11 is 0. The SMILES string of the molecule is Cc1ccccc1C[Si](C)c1ccc(O)cc1. The van der Waals surface area contributed by atoms with Gasteiger partial charge in [0.05, 0.1) is 8.80 Å². The summed E-state index contributed by atoms with van der Waals surface area (Å²) in [7, 11) is -0.569. The van der Waals surface area contributed by atoms with Gasteiger partial charge in [0, 0.05) is 0 Å². The summed E-state index contributed by atoms with van der Waals surface area (Å²) in [5, 5.41) is 10.7. The fourth-order valence-electron chi connectivity index (χ4n) is 1.94. The van der Waals surface area contributed by atoms with Crippen molar-refractivity contribution in [2.24, 2.45) is 0 Å². The van der Waals surface area contributed by atoms with Crippen molar-refractivity contribution in [1.82, 2.24) is 0 Å². The molecule has 0 bridgehead atoms. The number of benzene rings is 2. The lowest BCUT2D eigenvalue weighted by molar-refractivity contribution is 0.475. The Balaban J connectivity index is 2.14. The van der Waals surface area contributed by atoms with Crippen LogP contribution in [0.15, 0.2) is 48.5 Å². The van der Waals surface area contributed by atoms with Crippen molar-refractivity contribution in [3.63, 3.8) is 0 Å². The molecule has 1 N–H and O–H groups in total. The average Bonchev–Trinajstić information content (AvgIpc) is 2.33. The van der Waals surface area contributed by atoms with Gasteiger partial charge in [-0.2, -0.15) is 0 Å². The summed E-state index contributed by atoms with van der Waals surface area (Å²) in [5.41, 5.74) is 2.81. The summed E-state index contributed by atoms with van der Waals surface area (Å²) in [6, 6.07) is 17.4. The quantitative estimate of drug-likeness (QED) is 0.819. The topological polar surface area (TPSA) is 20.2 Å². The highest BCUT2D eigenvalue weighted by molar-refractivity contribution is 6.71. The van der Waals surface area contributed by atoms with E-state index < -0.39 is 8.80 Å². The fraction of sp³-hybridized carbons (Fsp3) is 0.200. The van der Waals surface area contributed by atoms with Gasteiger partial charge in [0.25, 0.3) is 0 Å². The first kappa shape index (κ1) is 11.9. The van der Waals surface area contributed by atoms with Crippen molar-refractivity contribution in [2.75, 3.05) is 0 Å². The van der Waals surface area contributed by atoms with E-state index in [2.05, 4.69) is 37.7 Å². The van der Waals surface area contributed by atoms with E-state index >= 15 is 0 Å². The van der Waals surface area contributed by atoms with E-state index in [1.165, 1.54) is 16.3 Å². The Labute approximate surface area is 104 Å². The Bertz CT molecular complexity index is 491. The molecule has 0 aromatic heterocycles. The molecule has 0 spiro atoms. The van der Waals surface area contributed by atoms with E-state index in [1.807, 2.05) is 12.1 Å². The molecule has 0 aliphatic heterocycles. The largest absolute Gasteiger partial charge is 0.508 e. The highest BCUT2D eigenvalue weighted by Gasteiger charge is 2.10. The van der Waals surface area contributed by atoms with Crippen LogP contribution in [0.25, 0.3) is 0 Å². The van der Waals surface area contributed by atoms with Crippen molar-refractivity contribution >= 4 is 14.0 Å². The van der Waals surface area contributed by atoms with Crippen LogP contribution in [0.5, 0.6) is 5.75 Å². The average molecular weight is 241 g/mol. The fourth-order valence-corrected chi connectivity index (χ4v) is 3.85. The molecule has 1 radical (unpaired) electrons. The lowest BCUT2D eigenvalue weighted by Crippen LogP contribution is -2.29. The lowest BCUT2D eigenvalue weighted by atomic mass is 10.1. The molecule has 1 nitrogen and oxygen atoms in total. The molecule has 0 amide bonds. The molecule has 0 aliphatic carbocycles. The Morgan fingerprint density at radius 3 is 2.29 bits per heavy atom. The molecule has 0 heterocycles. The molecule has 2 heteroatoms. The lowest BCUT2D eigenvalue weighted by Gasteiger charge is -2.12. The predicted octanol–water partition coefficient (Wildman–Crippen LogP) is 2.81. The van der Waals surface area contributed by atoms with Crippen molar-refractivity contribution in [2.45, 2.75) is 19.5 Å². The molecule has 2 aromatic carbocycles. The van der Waals surface area contributed by atoms with Crippen LogP contribution in [0.1, 0.15) is 11.1 Å². The predicted molar refractivity (Wildman–Crippen MR) is 74.2 cm³/mol. The molecular formula is C15H17OSi. The van der Waals surface area contributed by atoms with Crippen molar-refractivity contribution in [3.05, 3.63) is 59.7 Å². The second kappa shape index (κ2) is 5.19. The molecule has 0 aliphatic rings. The van der Waals surface area contributed by atoms with Gasteiger partial charge in [-0.05, 0) is 36.2 Å². The van der Waals surface area contributed by atoms with E-state index in [9.17, 15) is 5.11 Å². The zero-order valence-electron chi connectivity index (χ0n) is 10.3. The summed E-state index contributed by atoms with van der Waals surface area (Å²) in [6.45, 7) is 4.49. The third-order valence-electron chi connectivity index (χ3n) is 3.08. The first-order chi connectivity index (χ1) is 8.16. The van der Waals surface area contributed by atoms with E-state index in [1.54, 1.807) is 12.1 Å². The standard InChI is InChI=1S/C15H17OSi/c1-12-5-3-4-6-13(12)11-17(2)15-9-7-14(16)8-10-15/h3-10,16H,11H2,1-2H3. The van der Waals surface area contributed by atoms with Gasteiger partial charge in [0.2, 0.25) is 0 Å². The summed E-state index contributed by atoms with van der Waals surface area (Å²) in [4.78, 5) is 0. The van der Waals surface area contributed by atoms with Gasteiger partial charge in [-0.1, -0.05) is 48.1 Å². The third kappa shape index (κ3) is 2.98. The van der Waals surface area contributed by atoms with Gasteiger partial charge in [0.15, 0.2) is 0 Å². The van der Waals surface area contributed by atoms with Crippen LogP contribution >= 0.6 is 0 Å². The molecule has 87 valence electrons. The maximum atomic E-state index is 9.28. The Morgan fingerprint density at radius 2 is 1.65 bits per heavy atom. The van der Waals surface area contributed by atoms with Crippen molar-refractivity contribution < 1.29 is 5.11 Å². The summed E-state index contributed by atoms with van der Waals surface area (Å²) in [6.07, 6.45) is 0. The van der Waals surface area contributed by atoms with Gasteiger partial charge in [-0.15, -0.1) is 0 Å². The maximum absolute atomic E-state index is 9.28. The van der Waals surface area contributed by atoms with Crippen LogP contribution < -0.4 is 5.19 Å². The normalized spacial score (nSPS) is 10.8. The second-order valence-corrected chi connectivity index (χ2v) is 6.92. The first-order valence-corrected chi connectivity index (χ1v) is 8.04. The number of aromatic hydroxyl groups is 1. The third-order valence-corrected chi connectivity index (χ3v) is 5.31. The molecular weight excluding hydrogens is 224 g/mol. The molecule has 0 saturated heterocycles. The molecule has 0 saturated carbocycles. The minimum atomic E-state index is -0.569. The van der Waals surface area contributed by atoms with Crippen molar-refractivity contribution in [1.29, 1.82) is 0 Å². The Hall–Kier alpha value is -1.54. The zero-order valence-corrected chi connectivity index (χ0v) is 11.3. The molecule has 2 rings (SSSR count). The minimum absolute atomic E-state index is 0.347. The highest BCUT2D eigenvalue weighted by Crippen LogP contribution is 2.10. The molecule has 0 atom stereocenters. The number of phenols is 1. The number of hydrogen-bond donors (Lipinski definition) is 1. The van der Waals surface area contributed by atoms with Crippen LogP contribution in [0.2, 0.25) is 6.55 Å². The number of rotatable bonds is 3. The molecule has 0 fully saturated rings. The first-order valence-electron chi connectivity index (χ1n) is 5.83. The summed E-state index contributed by atoms with van der Waals surface area (Å²) < 4.78 is 0. The van der Waals surface area contributed by atoms with Gasteiger partial charge in [0.1, 0.15) is 5.75 Å². The van der Waals surface area contributed by atoms with Crippen LogP contribution in [0, 0.1) is 6.92 Å². The Kier molecular flexibility index (Phi) is 3.64. The van der Waals surface area contributed by atoms with Crippen LogP contribution in [0.4, 0.5) is 0 Å². The summed E-state index contributed by atoms with van der Waals surface area (Å²) in [5.74, 6) is 0.347. The molecule has 17 heavy (non-hydrogen) atoms. The van der Waals surface area contributed by atoms with Gasteiger partial charge in [-0.3, -0.25) is 0 Å². The minimum Gasteiger partial charge on any atom is -0.508 e. The van der Waals surface area contributed by atoms with Gasteiger partial charge in [-0.25, -0.2) is 0 Å². The second-order valence-electron chi connectivity index (χ2n) is 4.43. The van der Waals surface area contributed by atoms with Gasteiger partial charge < -0.3 is 5.11 Å². The van der Waals surface area contributed by atoms with Crippen LogP contribution in [0.3, 0.4) is 0 Å². The maximum Gasteiger partial charge on any atom is 0.115 e. The zero-order chi connectivity index (χ0) is 12.3. The smallest absolute Gasteiger partial charge is 0.115 e. The highest BCUT2D eigenvalue weighted by atomic mass is 28.3.